The van der Waals surface area contributed by atoms with Crippen molar-refractivity contribution in [2.75, 3.05) is 0 Å². The average Bonchev–Trinajstić information content (AvgIpc) is 1.85. The van der Waals surface area contributed by atoms with E-state index in [9.17, 15) is 13.6 Å². The van der Waals surface area contributed by atoms with Crippen LogP contribution in [0.1, 0.15) is 10.4 Å². The molecule has 0 bridgehead atoms. The van der Waals surface area contributed by atoms with Crippen LogP contribution in [0.15, 0.2) is 6.20 Å². The molecule has 1 aromatic heterocycles. The van der Waals surface area contributed by atoms with Crippen LogP contribution in [-0.2, 0) is 0 Å². The molecule has 1 aromatic rings. The van der Waals surface area contributed by atoms with Gasteiger partial charge in [-0.05, 0) is 0 Å². The van der Waals surface area contributed by atoms with Gasteiger partial charge < -0.3 is 5.11 Å². The van der Waals surface area contributed by atoms with Crippen LogP contribution in [0, 0.1) is 12.0 Å². The predicted molar refractivity (Wildman–Crippen MR) is 36.2 cm³/mol. The Bertz CT molecular complexity index is 307. The van der Waals surface area contributed by atoms with Crippen LogP contribution in [0.4, 0.5) is 8.78 Å². The monoisotopic (exact) mass is 196 g/mol. The molecule has 0 aromatic carbocycles. The highest BCUT2D eigenvalue weighted by atomic mass is 35.5. The molecule has 0 radical (unpaired) electrons. The summed E-state index contributed by atoms with van der Waals surface area (Å²) >= 11 is 0. The lowest BCUT2D eigenvalue weighted by atomic mass is 10.3. The van der Waals surface area contributed by atoms with E-state index in [1.807, 2.05) is 0 Å². The minimum absolute atomic E-state index is 0. The number of aromatic nitrogens is 2. The topological polar surface area (TPSA) is 63.1 Å². The second-order valence-electron chi connectivity index (χ2n) is 1.65. The summed E-state index contributed by atoms with van der Waals surface area (Å²) in [6.07, 6.45) is -0.715. The first kappa shape index (κ1) is 10.7. The minimum Gasteiger partial charge on any atom is -0.477 e. The number of carboxylic acids is 1. The molecule has 0 amide bonds. The van der Waals surface area contributed by atoms with Crippen LogP contribution in [0.25, 0.3) is 0 Å². The second kappa shape index (κ2) is 3.91. The highest BCUT2D eigenvalue weighted by molar-refractivity contribution is 5.86. The van der Waals surface area contributed by atoms with Crippen molar-refractivity contribution in [3.05, 3.63) is 23.8 Å². The minimum atomic E-state index is -1.53. The summed E-state index contributed by atoms with van der Waals surface area (Å²) in [7, 11) is 0. The third kappa shape index (κ3) is 2.09. The molecule has 0 spiro atoms. The van der Waals surface area contributed by atoms with Gasteiger partial charge in [0, 0.05) is 0 Å². The summed E-state index contributed by atoms with van der Waals surface area (Å²) in [6, 6.07) is 0. The molecule has 4 nitrogen and oxygen atoms in total. The zero-order chi connectivity index (χ0) is 8.43. The number of nitrogens with zero attached hydrogens (tertiary/aromatic N) is 2. The zero-order valence-corrected chi connectivity index (χ0v) is 6.31. The molecule has 12 heavy (non-hydrogen) atoms. The summed E-state index contributed by atoms with van der Waals surface area (Å²) in [5.41, 5.74) is -0.744. The third-order valence-corrected chi connectivity index (χ3v) is 0.943. The van der Waals surface area contributed by atoms with E-state index >= 15 is 0 Å². The molecular formula is C5H3ClF2N2O2. The Labute approximate surface area is 71.7 Å². The highest BCUT2D eigenvalue weighted by Gasteiger charge is 2.12. The van der Waals surface area contributed by atoms with Crippen molar-refractivity contribution in [1.82, 2.24) is 9.97 Å². The summed E-state index contributed by atoms with van der Waals surface area (Å²) in [6.45, 7) is 0. The van der Waals surface area contributed by atoms with Crippen LogP contribution in [0.3, 0.4) is 0 Å². The molecule has 0 saturated carbocycles. The SMILES string of the molecule is Cl.O=C(O)c1cnc(F)nc1F. The molecule has 0 saturated heterocycles. The number of rotatable bonds is 1. The summed E-state index contributed by atoms with van der Waals surface area (Å²) in [5.74, 6) is -2.90. The quantitative estimate of drug-likeness (QED) is 0.535. The normalized spacial score (nSPS) is 8.83. The lowest BCUT2D eigenvalue weighted by Gasteiger charge is -1.92. The lowest BCUT2D eigenvalue weighted by Crippen LogP contribution is -2.05. The van der Waals surface area contributed by atoms with E-state index < -0.39 is 23.6 Å². The number of hydrogen-bond donors (Lipinski definition) is 1. The molecule has 7 heteroatoms. The van der Waals surface area contributed by atoms with E-state index in [0.717, 1.165) is 0 Å². The Morgan fingerprint density at radius 3 is 2.50 bits per heavy atom. The van der Waals surface area contributed by atoms with E-state index in [2.05, 4.69) is 9.97 Å². The molecule has 0 fully saturated rings. The molecule has 1 rings (SSSR count). The van der Waals surface area contributed by atoms with Gasteiger partial charge >= 0.3 is 12.0 Å². The second-order valence-corrected chi connectivity index (χ2v) is 1.65. The van der Waals surface area contributed by atoms with Gasteiger partial charge in [0.15, 0.2) is 0 Å². The zero-order valence-electron chi connectivity index (χ0n) is 5.49. The van der Waals surface area contributed by atoms with Crippen molar-refractivity contribution >= 4 is 18.4 Å². The smallest absolute Gasteiger partial charge is 0.341 e. The maximum absolute atomic E-state index is 12.3. The van der Waals surface area contributed by atoms with E-state index in [4.69, 9.17) is 5.11 Å². The van der Waals surface area contributed by atoms with E-state index in [1.54, 1.807) is 0 Å². The van der Waals surface area contributed by atoms with Gasteiger partial charge in [-0.25, -0.2) is 9.78 Å². The summed E-state index contributed by atoms with van der Waals surface area (Å²) < 4.78 is 24.3. The Morgan fingerprint density at radius 2 is 2.08 bits per heavy atom. The van der Waals surface area contributed by atoms with E-state index in [0.29, 0.717) is 6.20 Å². The van der Waals surface area contributed by atoms with Gasteiger partial charge in [0.1, 0.15) is 5.56 Å². The van der Waals surface area contributed by atoms with Gasteiger partial charge in [0.05, 0.1) is 6.20 Å². The van der Waals surface area contributed by atoms with Crippen molar-refractivity contribution in [2.45, 2.75) is 0 Å². The van der Waals surface area contributed by atoms with Crippen LogP contribution in [0.5, 0.6) is 0 Å². The predicted octanol–water partition coefficient (Wildman–Crippen LogP) is 0.875. The molecule has 66 valence electrons. The maximum Gasteiger partial charge on any atom is 0.341 e. The fourth-order valence-corrected chi connectivity index (χ4v) is 0.485. The van der Waals surface area contributed by atoms with Crippen molar-refractivity contribution in [3.63, 3.8) is 0 Å². The molecule has 1 N–H and O–H groups in total. The molecule has 1 heterocycles. The number of carbonyl (C=O) groups is 1. The molecule has 0 aliphatic carbocycles. The highest BCUT2D eigenvalue weighted by Crippen LogP contribution is 2.01. The summed E-state index contributed by atoms with van der Waals surface area (Å²) in [5, 5.41) is 8.21. The van der Waals surface area contributed by atoms with E-state index in [1.165, 1.54) is 0 Å². The first-order valence-corrected chi connectivity index (χ1v) is 2.52. The maximum atomic E-state index is 12.3. The van der Waals surface area contributed by atoms with Crippen LogP contribution in [0.2, 0.25) is 0 Å². The van der Waals surface area contributed by atoms with Gasteiger partial charge in [0.2, 0.25) is 5.95 Å². The van der Waals surface area contributed by atoms with Crippen molar-refractivity contribution in [2.24, 2.45) is 0 Å². The standard InChI is InChI=1S/C5H2F2N2O2.ClH/c6-3-2(4(10)11)1-8-5(7)9-3;/h1H,(H,10,11);1H. The molecule has 0 aliphatic rings. The van der Waals surface area contributed by atoms with Crippen molar-refractivity contribution in [1.29, 1.82) is 0 Å². The summed E-state index contributed by atoms with van der Waals surface area (Å²) in [4.78, 5) is 15.5. The number of hydrogen-bond acceptors (Lipinski definition) is 3. The Hall–Kier alpha value is -1.30. The molecular weight excluding hydrogens is 194 g/mol. The third-order valence-electron chi connectivity index (χ3n) is 0.943. The molecule has 0 atom stereocenters. The van der Waals surface area contributed by atoms with Crippen molar-refractivity contribution < 1.29 is 18.7 Å². The van der Waals surface area contributed by atoms with Gasteiger partial charge in [0.25, 0.3) is 0 Å². The fourth-order valence-electron chi connectivity index (χ4n) is 0.485. The first-order chi connectivity index (χ1) is 5.11. The Kier molecular flexibility index (Phi) is 3.49. The van der Waals surface area contributed by atoms with Crippen LogP contribution < -0.4 is 0 Å². The largest absolute Gasteiger partial charge is 0.477 e. The fraction of sp³-hybridized carbons (Fsp3) is 0. The molecule has 0 aliphatic heterocycles. The van der Waals surface area contributed by atoms with Gasteiger partial charge in [-0.1, -0.05) is 0 Å². The first-order valence-electron chi connectivity index (χ1n) is 2.52. The Balaban J connectivity index is 0.00000121. The lowest BCUT2D eigenvalue weighted by molar-refractivity contribution is 0.0689. The van der Waals surface area contributed by atoms with Crippen LogP contribution >= 0.6 is 12.4 Å². The van der Waals surface area contributed by atoms with Crippen molar-refractivity contribution in [3.8, 4) is 0 Å². The molecule has 0 unspecified atom stereocenters. The van der Waals surface area contributed by atoms with Gasteiger partial charge in [-0.3, -0.25) is 0 Å². The Morgan fingerprint density at radius 1 is 1.50 bits per heavy atom. The number of aromatic carboxylic acids is 1. The van der Waals surface area contributed by atoms with E-state index in [-0.39, 0.29) is 12.4 Å². The average molecular weight is 197 g/mol. The van der Waals surface area contributed by atoms with Gasteiger partial charge in [-0.2, -0.15) is 13.8 Å². The number of halogens is 3. The van der Waals surface area contributed by atoms with Gasteiger partial charge in [-0.15, -0.1) is 12.4 Å². The number of carboxylic acid groups (broad SMARTS) is 1. The van der Waals surface area contributed by atoms with Crippen LogP contribution in [-0.4, -0.2) is 21.0 Å².